The highest BCUT2D eigenvalue weighted by Gasteiger charge is 2.45. The lowest BCUT2D eigenvalue weighted by Gasteiger charge is -2.42. The zero-order chi connectivity index (χ0) is 14.2. The molecular weight excluding hydrogens is 264 g/mol. The fourth-order valence-corrected chi connectivity index (χ4v) is 3.37. The first-order valence-corrected chi connectivity index (χ1v) is 7.90. The smallest absolute Gasteiger partial charge is 0.0937 e. The number of allylic oxidation sites excluding steroid dienone is 4. The maximum atomic E-state index is 6.77. The van der Waals surface area contributed by atoms with Crippen molar-refractivity contribution in [3.8, 4) is 0 Å². The quantitative estimate of drug-likeness (QED) is 0.704. The van der Waals surface area contributed by atoms with Gasteiger partial charge in [-0.05, 0) is 12.8 Å². The second kappa shape index (κ2) is 5.24. The van der Waals surface area contributed by atoms with Crippen molar-refractivity contribution >= 4 is 0 Å². The summed E-state index contributed by atoms with van der Waals surface area (Å²) < 4.78 is 17.7. The van der Waals surface area contributed by atoms with Gasteiger partial charge in [-0.1, -0.05) is 48.6 Å². The zero-order valence-electron chi connectivity index (χ0n) is 12.2. The lowest BCUT2D eigenvalue weighted by atomic mass is 9.85. The Balaban J connectivity index is 1.56. The maximum absolute atomic E-state index is 6.77. The van der Waals surface area contributed by atoms with Gasteiger partial charge in [0.25, 0.3) is 0 Å². The van der Waals surface area contributed by atoms with Crippen molar-refractivity contribution in [1.82, 2.24) is 0 Å². The average Bonchev–Trinajstić information content (AvgIpc) is 3.38. The van der Waals surface area contributed by atoms with E-state index in [0.29, 0.717) is 12.2 Å². The molecule has 0 aromatic heterocycles. The van der Waals surface area contributed by atoms with Gasteiger partial charge in [0.1, 0.15) is 0 Å². The summed E-state index contributed by atoms with van der Waals surface area (Å²) in [6.07, 6.45) is 21.7. The lowest BCUT2D eigenvalue weighted by Crippen LogP contribution is -2.45. The first kappa shape index (κ1) is 13.5. The molecule has 2 fully saturated rings. The molecule has 0 aromatic carbocycles. The van der Waals surface area contributed by atoms with Crippen molar-refractivity contribution < 1.29 is 14.2 Å². The van der Waals surface area contributed by atoms with E-state index in [4.69, 9.17) is 14.2 Å². The van der Waals surface area contributed by atoms with Crippen LogP contribution in [0.5, 0.6) is 0 Å². The first-order chi connectivity index (χ1) is 10.3. The Kier molecular flexibility index (Phi) is 3.37. The Labute approximate surface area is 126 Å². The number of epoxide rings is 2. The molecule has 3 nitrogen and oxygen atoms in total. The summed E-state index contributed by atoms with van der Waals surface area (Å²) in [6.45, 7) is 1.74. The van der Waals surface area contributed by atoms with E-state index in [1.807, 2.05) is 0 Å². The van der Waals surface area contributed by atoms with Crippen molar-refractivity contribution in [3.05, 3.63) is 48.6 Å². The molecule has 2 saturated heterocycles. The van der Waals surface area contributed by atoms with Crippen LogP contribution in [-0.4, -0.2) is 36.6 Å². The number of hydrogen-bond donors (Lipinski definition) is 0. The molecule has 2 aliphatic carbocycles. The Morgan fingerprint density at radius 3 is 1.62 bits per heavy atom. The van der Waals surface area contributed by atoms with Gasteiger partial charge in [0, 0.05) is 12.8 Å². The minimum absolute atomic E-state index is 0.236. The van der Waals surface area contributed by atoms with E-state index in [1.54, 1.807) is 0 Å². The largest absolute Gasteiger partial charge is 0.373 e. The van der Waals surface area contributed by atoms with Crippen LogP contribution in [0.25, 0.3) is 0 Å². The Bertz CT molecular complexity index is 465. The number of hydrogen-bond acceptors (Lipinski definition) is 3. The van der Waals surface area contributed by atoms with Crippen molar-refractivity contribution in [1.29, 1.82) is 0 Å². The summed E-state index contributed by atoms with van der Waals surface area (Å²) >= 11 is 0. The van der Waals surface area contributed by atoms with Crippen LogP contribution in [-0.2, 0) is 14.2 Å². The van der Waals surface area contributed by atoms with Crippen molar-refractivity contribution in [2.75, 3.05) is 13.2 Å². The third-order valence-corrected chi connectivity index (χ3v) is 4.58. The molecule has 0 spiro atoms. The monoisotopic (exact) mass is 286 g/mol. The summed E-state index contributed by atoms with van der Waals surface area (Å²) in [5, 5.41) is 0. The third-order valence-electron chi connectivity index (χ3n) is 4.58. The molecule has 0 saturated carbocycles. The topological polar surface area (TPSA) is 34.3 Å². The highest BCUT2D eigenvalue weighted by molar-refractivity contribution is 5.24. The second-order valence-electron chi connectivity index (χ2n) is 6.53. The number of ether oxygens (including phenoxy) is 3. The van der Waals surface area contributed by atoms with Gasteiger partial charge in [-0.15, -0.1) is 0 Å². The minimum atomic E-state index is -0.236. The van der Waals surface area contributed by atoms with Crippen LogP contribution in [0.3, 0.4) is 0 Å². The molecule has 0 N–H and O–H groups in total. The molecule has 0 radical (unpaired) electrons. The molecule has 4 unspecified atom stereocenters. The van der Waals surface area contributed by atoms with Gasteiger partial charge in [-0.3, -0.25) is 0 Å². The summed E-state index contributed by atoms with van der Waals surface area (Å²) in [6, 6.07) is 0. The van der Waals surface area contributed by atoms with Crippen LogP contribution in [0, 0.1) is 0 Å². The normalized spacial score (nSPS) is 43.2. The summed E-state index contributed by atoms with van der Waals surface area (Å²) in [7, 11) is 0. The molecule has 3 heteroatoms. The Morgan fingerprint density at radius 1 is 0.810 bits per heavy atom. The molecule has 4 aliphatic rings. The molecule has 21 heavy (non-hydrogen) atoms. The molecule has 0 amide bonds. The molecule has 2 heterocycles. The van der Waals surface area contributed by atoms with Crippen molar-refractivity contribution in [3.63, 3.8) is 0 Å². The van der Waals surface area contributed by atoms with Crippen LogP contribution >= 0.6 is 0 Å². The van der Waals surface area contributed by atoms with Crippen LogP contribution in [0.4, 0.5) is 0 Å². The lowest BCUT2D eigenvalue weighted by molar-refractivity contribution is -0.118. The summed E-state index contributed by atoms with van der Waals surface area (Å²) in [4.78, 5) is 0. The summed E-state index contributed by atoms with van der Waals surface area (Å²) in [5.74, 6) is 0. The molecule has 0 aromatic rings. The van der Waals surface area contributed by atoms with Crippen molar-refractivity contribution in [2.45, 2.75) is 49.1 Å². The standard InChI is InChI=1S/C18H22O3/c1-3-7-17(8-4-1,11-15-13-19-15)21-18(12-16-14-20-16)9-5-2-6-10-18/h1-7,9,15-16H,8,10-14H2. The van der Waals surface area contributed by atoms with E-state index in [1.165, 1.54) is 0 Å². The second-order valence-corrected chi connectivity index (χ2v) is 6.53. The van der Waals surface area contributed by atoms with Gasteiger partial charge in [-0.2, -0.15) is 0 Å². The van der Waals surface area contributed by atoms with Gasteiger partial charge in [0.15, 0.2) is 0 Å². The zero-order valence-corrected chi connectivity index (χ0v) is 12.2. The molecule has 112 valence electrons. The van der Waals surface area contributed by atoms with E-state index < -0.39 is 0 Å². The summed E-state index contributed by atoms with van der Waals surface area (Å²) in [5.41, 5.74) is -0.472. The van der Waals surface area contributed by atoms with Crippen LogP contribution in [0.1, 0.15) is 25.7 Å². The molecular formula is C18H22O3. The van der Waals surface area contributed by atoms with E-state index in [0.717, 1.165) is 38.9 Å². The van der Waals surface area contributed by atoms with Gasteiger partial charge in [0.05, 0.1) is 36.6 Å². The minimum Gasteiger partial charge on any atom is -0.373 e. The van der Waals surface area contributed by atoms with Crippen LogP contribution < -0.4 is 0 Å². The predicted molar refractivity (Wildman–Crippen MR) is 81.1 cm³/mol. The van der Waals surface area contributed by atoms with Gasteiger partial charge >= 0.3 is 0 Å². The molecule has 2 aliphatic heterocycles. The maximum Gasteiger partial charge on any atom is 0.0937 e. The van der Waals surface area contributed by atoms with Gasteiger partial charge in [-0.25, -0.2) is 0 Å². The SMILES string of the molecule is C1=CCC(CC2CO2)(OC2(CC3CO3)C=CC=CC2)C=C1. The number of rotatable bonds is 6. The third kappa shape index (κ3) is 3.20. The molecule has 4 rings (SSSR count). The fourth-order valence-electron chi connectivity index (χ4n) is 3.37. The van der Waals surface area contributed by atoms with Crippen LogP contribution in [0.2, 0.25) is 0 Å². The van der Waals surface area contributed by atoms with Gasteiger partial charge < -0.3 is 14.2 Å². The van der Waals surface area contributed by atoms with E-state index in [-0.39, 0.29) is 11.2 Å². The fraction of sp³-hybridized carbons (Fsp3) is 0.556. The molecule has 0 bridgehead atoms. The van der Waals surface area contributed by atoms with E-state index in [2.05, 4.69) is 48.6 Å². The van der Waals surface area contributed by atoms with E-state index >= 15 is 0 Å². The highest BCUT2D eigenvalue weighted by Crippen LogP contribution is 2.41. The first-order valence-electron chi connectivity index (χ1n) is 7.90. The Hall–Kier alpha value is -1.16. The van der Waals surface area contributed by atoms with Crippen LogP contribution in [0.15, 0.2) is 48.6 Å². The van der Waals surface area contributed by atoms with Gasteiger partial charge in [0.2, 0.25) is 0 Å². The highest BCUT2D eigenvalue weighted by atomic mass is 16.6. The Morgan fingerprint density at radius 2 is 1.29 bits per heavy atom. The predicted octanol–water partition coefficient (Wildman–Crippen LogP) is 3.09. The average molecular weight is 286 g/mol. The van der Waals surface area contributed by atoms with E-state index in [9.17, 15) is 0 Å². The van der Waals surface area contributed by atoms with Crippen molar-refractivity contribution in [2.24, 2.45) is 0 Å². The molecule has 4 atom stereocenters.